The van der Waals surface area contributed by atoms with E-state index in [1.54, 1.807) is 0 Å². The van der Waals surface area contributed by atoms with Crippen molar-refractivity contribution in [3.8, 4) is 0 Å². The van der Waals surface area contributed by atoms with E-state index in [0.717, 1.165) is 89.9 Å². The zero-order valence-electron chi connectivity index (χ0n) is 42.3. The van der Waals surface area contributed by atoms with Crippen LogP contribution >= 0.6 is 0 Å². The molecule has 0 amide bonds. The van der Waals surface area contributed by atoms with Gasteiger partial charge in [0.2, 0.25) is 0 Å². The number of carbonyl (C=O) groups is 3. The third kappa shape index (κ3) is 50.1. The Labute approximate surface area is 396 Å². The van der Waals surface area contributed by atoms with Crippen molar-refractivity contribution in [2.75, 3.05) is 13.2 Å². The van der Waals surface area contributed by atoms with Gasteiger partial charge in [-0.05, 0) is 64.2 Å². The van der Waals surface area contributed by atoms with Crippen LogP contribution in [0.25, 0.3) is 0 Å². The van der Waals surface area contributed by atoms with Gasteiger partial charge in [-0.3, -0.25) is 14.4 Å². The van der Waals surface area contributed by atoms with Crippen LogP contribution in [0.15, 0.2) is 60.8 Å². The molecule has 370 valence electrons. The molecule has 0 aromatic rings. The Bertz CT molecular complexity index is 1170. The summed E-state index contributed by atoms with van der Waals surface area (Å²) in [5, 5.41) is 0. The number of unbranched alkanes of at least 4 members (excludes halogenated alkanes) is 28. The molecule has 0 N–H and O–H groups in total. The van der Waals surface area contributed by atoms with Gasteiger partial charge in [-0.2, -0.15) is 0 Å². The van der Waals surface area contributed by atoms with Crippen molar-refractivity contribution in [1.82, 2.24) is 0 Å². The van der Waals surface area contributed by atoms with Crippen LogP contribution in [0.3, 0.4) is 0 Å². The molecule has 0 saturated heterocycles. The summed E-state index contributed by atoms with van der Waals surface area (Å²) in [6, 6.07) is 0. The first kappa shape index (κ1) is 61.1. The van der Waals surface area contributed by atoms with E-state index < -0.39 is 6.10 Å². The first-order valence-corrected chi connectivity index (χ1v) is 27.3. The predicted octanol–water partition coefficient (Wildman–Crippen LogP) is 18.0. The number of rotatable bonds is 49. The molecule has 0 rings (SSSR count). The highest BCUT2D eigenvalue weighted by Crippen LogP contribution is 2.16. The van der Waals surface area contributed by atoms with Crippen molar-refractivity contribution >= 4 is 17.9 Å². The van der Waals surface area contributed by atoms with E-state index in [9.17, 15) is 14.4 Å². The van der Waals surface area contributed by atoms with Crippen molar-refractivity contribution in [2.24, 2.45) is 0 Å². The Morgan fingerprint density at radius 2 is 0.609 bits per heavy atom. The van der Waals surface area contributed by atoms with E-state index in [1.165, 1.54) is 141 Å². The van der Waals surface area contributed by atoms with Gasteiger partial charge in [-0.1, -0.05) is 248 Å². The van der Waals surface area contributed by atoms with Crippen LogP contribution < -0.4 is 0 Å². The Hall–Kier alpha value is -2.89. The molecule has 0 aromatic heterocycles. The van der Waals surface area contributed by atoms with Crippen LogP contribution in [0.4, 0.5) is 0 Å². The normalized spacial score (nSPS) is 12.5. The molecule has 64 heavy (non-hydrogen) atoms. The molecule has 0 spiro atoms. The van der Waals surface area contributed by atoms with E-state index >= 15 is 0 Å². The SMILES string of the molecule is CC/C=C\C/C=C\C/C=C\C/C=C\C/C=C\CCCCCCCCCCCCCCCC(=O)OCC(COC(=O)CCCCCCCC)OC(=O)CCCCCCCCCCCCC. The van der Waals surface area contributed by atoms with E-state index in [4.69, 9.17) is 14.2 Å². The number of carbonyl (C=O) groups excluding carboxylic acids is 3. The number of ether oxygens (including phenoxy) is 3. The average Bonchev–Trinajstić information content (AvgIpc) is 3.29. The minimum absolute atomic E-state index is 0.0711. The van der Waals surface area contributed by atoms with Crippen LogP contribution in [-0.4, -0.2) is 37.2 Å². The number of hydrogen-bond donors (Lipinski definition) is 0. The lowest BCUT2D eigenvalue weighted by atomic mass is 10.0. The third-order valence-electron chi connectivity index (χ3n) is 11.8. The first-order valence-electron chi connectivity index (χ1n) is 27.3. The molecule has 1 atom stereocenters. The summed E-state index contributed by atoms with van der Waals surface area (Å²) in [6.07, 6.45) is 65.4. The number of hydrogen-bond acceptors (Lipinski definition) is 6. The minimum Gasteiger partial charge on any atom is -0.462 e. The van der Waals surface area contributed by atoms with Crippen LogP contribution in [-0.2, 0) is 28.6 Å². The van der Waals surface area contributed by atoms with Crippen LogP contribution in [0.5, 0.6) is 0 Å². The minimum atomic E-state index is -0.766. The molecular formula is C58H102O6. The summed E-state index contributed by atoms with van der Waals surface area (Å²) in [4.78, 5) is 37.7. The second-order valence-electron chi connectivity index (χ2n) is 18.1. The van der Waals surface area contributed by atoms with Gasteiger partial charge in [0.15, 0.2) is 6.10 Å². The van der Waals surface area contributed by atoms with Gasteiger partial charge in [0.1, 0.15) is 13.2 Å². The molecule has 0 aliphatic heterocycles. The highest BCUT2D eigenvalue weighted by molar-refractivity contribution is 5.71. The molecule has 1 unspecified atom stereocenters. The van der Waals surface area contributed by atoms with Crippen molar-refractivity contribution in [1.29, 1.82) is 0 Å². The topological polar surface area (TPSA) is 78.9 Å². The smallest absolute Gasteiger partial charge is 0.306 e. The summed E-state index contributed by atoms with van der Waals surface area (Å²) in [5.41, 5.74) is 0. The lowest BCUT2D eigenvalue weighted by molar-refractivity contribution is -0.167. The van der Waals surface area contributed by atoms with Crippen molar-refractivity contribution in [2.45, 2.75) is 277 Å². The Kier molecular flexibility index (Phi) is 50.4. The van der Waals surface area contributed by atoms with E-state index in [2.05, 4.69) is 81.5 Å². The lowest BCUT2D eigenvalue weighted by Crippen LogP contribution is -2.30. The van der Waals surface area contributed by atoms with Gasteiger partial charge < -0.3 is 14.2 Å². The predicted molar refractivity (Wildman–Crippen MR) is 275 cm³/mol. The van der Waals surface area contributed by atoms with Gasteiger partial charge in [-0.25, -0.2) is 0 Å². The molecule has 0 bridgehead atoms. The second kappa shape index (κ2) is 52.7. The summed E-state index contributed by atoms with van der Waals surface area (Å²) in [7, 11) is 0. The van der Waals surface area contributed by atoms with Gasteiger partial charge >= 0.3 is 17.9 Å². The lowest BCUT2D eigenvalue weighted by Gasteiger charge is -2.18. The zero-order valence-corrected chi connectivity index (χ0v) is 42.3. The van der Waals surface area contributed by atoms with Gasteiger partial charge in [0.25, 0.3) is 0 Å². The molecule has 0 aromatic carbocycles. The second-order valence-corrected chi connectivity index (χ2v) is 18.1. The molecule has 0 heterocycles. The van der Waals surface area contributed by atoms with Crippen LogP contribution in [0.2, 0.25) is 0 Å². The van der Waals surface area contributed by atoms with E-state index in [0.29, 0.717) is 19.3 Å². The summed E-state index contributed by atoms with van der Waals surface area (Å²) >= 11 is 0. The number of esters is 3. The fraction of sp³-hybridized carbons (Fsp3) is 0.776. The molecule has 6 heteroatoms. The Morgan fingerprint density at radius 1 is 0.328 bits per heavy atom. The van der Waals surface area contributed by atoms with Crippen molar-refractivity contribution in [3.63, 3.8) is 0 Å². The standard InChI is InChI=1S/C58H102O6/c1-4-7-10-13-16-18-20-21-22-23-24-25-26-27-28-29-30-31-32-33-34-35-36-37-39-40-42-45-48-51-57(60)63-54-55(53-62-56(59)50-47-44-15-12-9-6-3)64-58(61)52-49-46-43-41-38-19-17-14-11-8-5-2/h7,10,16,18,21-22,24-25,27-28,55H,4-6,8-9,11-15,17,19-20,23,26,29-54H2,1-3H3/b10-7-,18-16-,22-21-,25-24-,28-27-. The van der Waals surface area contributed by atoms with Gasteiger partial charge in [0.05, 0.1) is 0 Å². The summed E-state index contributed by atoms with van der Waals surface area (Å²) < 4.78 is 16.7. The zero-order chi connectivity index (χ0) is 46.5. The van der Waals surface area contributed by atoms with E-state index in [-0.39, 0.29) is 31.1 Å². The summed E-state index contributed by atoms with van der Waals surface area (Å²) in [6.45, 7) is 6.47. The van der Waals surface area contributed by atoms with Crippen LogP contribution in [0, 0.1) is 0 Å². The fourth-order valence-electron chi connectivity index (χ4n) is 7.70. The number of allylic oxidation sites excluding steroid dienone is 10. The van der Waals surface area contributed by atoms with Crippen LogP contribution in [0.1, 0.15) is 271 Å². The fourth-order valence-corrected chi connectivity index (χ4v) is 7.70. The van der Waals surface area contributed by atoms with Gasteiger partial charge in [-0.15, -0.1) is 0 Å². The molecule has 0 radical (unpaired) electrons. The molecule has 6 nitrogen and oxygen atoms in total. The maximum atomic E-state index is 12.7. The summed E-state index contributed by atoms with van der Waals surface area (Å²) in [5.74, 6) is -0.876. The Morgan fingerprint density at radius 3 is 0.953 bits per heavy atom. The van der Waals surface area contributed by atoms with E-state index in [1.807, 2.05) is 0 Å². The molecule has 0 aliphatic carbocycles. The maximum absolute atomic E-state index is 12.7. The molecule has 0 fully saturated rings. The third-order valence-corrected chi connectivity index (χ3v) is 11.8. The Balaban J connectivity index is 4.01. The van der Waals surface area contributed by atoms with Crippen molar-refractivity contribution < 1.29 is 28.6 Å². The van der Waals surface area contributed by atoms with Crippen molar-refractivity contribution in [3.05, 3.63) is 60.8 Å². The monoisotopic (exact) mass is 895 g/mol. The quantitative estimate of drug-likeness (QED) is 0.0262. The average molecular weight is 895 g/mol. The van der Waals surface area contributed by atoms with Gasteiger partial charge in [0, 0.05) is 19.3 Å². The first-order chi connectivity index (χ1) is 31.5. The molecule has 0 saturated carbocycles. The molecule has 0 aliphatic rings. The maximum Gasteiger partial charge on any atom is 0.306 e. The largest absolute Gasteiger partial charge is 0.462 e. The highest BCUT2D eigenvalue weighted by Gasteiger charge is 2.19. The highest BCUT2D eigenvalue weighted by atomic mass is 16.6. The molecular weight excluding hydrogens is 793 g/mol.